The Bertz CT molecular complexity index is 1540. The molecule has 1 amide bonds. The number of benzene rings is 2. The maximum absolute atomic E-state index is 13.0. The third-order valence-corrected chi connectivity index (χ3v) is 6.11. The van der Waals surface area contributed by atoms with E-state index in [4.69, 9.17) is 21.1 Å². The number of para-hydroxylation sites is 1. The number of rotatable bonds is 6. The zero-order valence-corrected chi connectivity index (χ0v) is 18.7. The highest BCUT2D eigenvalue weighted by Gasteiger charge is 2.20. The van der Waals surface area contributed by atoms with Crippen molar-refractivity contribution in [3.63, 3.8) is 0 Å². The first-order chi connectivity index (χ1) is 16.7. The Kier molecular flexibility index (Phi) is 5.03. The van der Waals surface area contributed by atoms with Crippen LogP contribution in [0.1, 0.15) is 21.9 Å². The molecule has 0 fully saturated rings. The van der Waals surface area contributed by atoms with Crippen molar-refractivity contribution in [3.8, 4) is 11.5 Å². The van der Waals surface area contributed by atoms with Gasteiger partial charge >= 0.3 is 0 Å². The number of hydrogen-bond donors (Lipinski definition) is 1. The lowest BCUT2D eigenvalue weighted by Gasteiger charge is -2.07. The fourth-order valence-electron chi connectivity index (χ4n) is 4.09. The molecule has 0 saturated carbocycles. The number of halogens is 1. The Hall–Kier alpha value is -4.11. The lowest BCUT2D eigenvalue weighted by atomic mass is 10.2. The van der Waals surface area contributed by atoms with Crippen molar-refractivity contribution in [3.05, 3.63) is 82.9 Å². The third-order valence-electron chi connectivity index (χ3n) is 5.75. The van der Waals surface area contributed by atoms with Gasteiger partial charge in [-0.1, -0.05) is 35.9 Å². The molecule has 9 nitrogen and oxygen atoms in total. The molecule has 5 aromatic rings. The molecule has 34 heavy (non-hydrogen) atoms. The zero-order valence-electron chi connectivity index (χ0n) is 17.9. The van der Waals surface area contributed by atoms with Crippen LogP contribution < -0.4 is 14.8 Å². The van der Waals surface area contributed by atoms with Crippen molar-refractivity contribution in [1.29, 1.82) is 0 Å². The van der Waals surface area contributed by atoms with E-state index in [9.17, 15) is 4.79 Å². The van der Waals surface area contributed by atoms with Crippen LogP contribution in [0, 0.1) is 0 Å². The average molecular weight is 475 g/mol. The number of nitrogens with one attached hydrogen (secondary N) is 1. The zero-order chi connectivity index (χ0) is 23.1. The summed E-state index contributed by atoms with van der Waals surface area (Å²) in [5.41, 5.74) is 2.80. The first-order valence-corrected chi connectivity index (χ1v) is 11.2. The Morgan fingerprint density at radius 1 is 1.06 bits per heavy atom. The second-order valence-corrected chi connectivity index (χ2v) is 8.28. The molecule has 0 unspecified atom stereocenters. The predicted octanol–water partition coefficient (Wildman–Crippen LogP) is 3.48. The first-order valence-electron chi connectivity index (χ1n) is 10.8. The molecule has 6 rings (SSSR count). The molecule has 2 aromatic carbocycles. The molecule has 4 heterocycles. The van der Waals surface area contributed by atoms with Crippen LogP contribution in [0.3, 0.4) is 0 Å². The monoisotopic (exact) mass is 474 g/mol. The number of fused-ring (bicyclic) bond motifs is 3. The fourth-order valence-corrected chi connectivity index (χ4v) is 4.30. The summed E-state index contributed by atoms with van der Waals surface area (Å²) in [6.07, 6.45) is 2.45. The molecule has 3 aromatic heterocycles. The van der Waals surface area contributed by atoms with Gasteiger partial charge in [-0.3, -0.25) is 13.9 Å². The van der Waals surface area contributed by atoms with Gasteiger partial charge in [0, 0.05) is 35.6 Å². The van der Waals surface area contributed by atoms with Gasteiger partial charge in [0.2, 0.25) is 6.79 Å². The highest BCUT2D eigenvalue weighted by molar-refractivity contribution is 6.31. The smallest absolute Gasteiger partial charge is 0.272 e. The third kappa shape index (κ3) is 3.60. The van der Waals surface area contributed by atoms with E-state index in [1.54, 1.807) is 10.7 Å². The van der Waals surface area contributed by atoms with Gasteiger partial charge in [-0.05, 0) is 29.8 Å². The van der Waals surface area contributed by atoms with Gasteiger partial charge in [0.25, 0.3) is 5.91 Å². The number of ether oxygens (including phenoxy) is 2. The molecular formula is C24H19ClN6O3. The van der Waals surface area contributed by atoms with E-state index in [2.05, 4.69) is 20.6 Å². The number of hydrogen-bond acceptors (Lipinski definition) is 6. The van der Waals surface area contributed by atoms with E-state index in [1.807, 2.05) is 59.1 Å². The Balaban J connectivity index is 1.23. The van der Waals surface area contributed by atoms with Crippen molar-refractivity contribution in [2.75, 3.05) is 13.3 Å². The van der Waals surface area contributed by atoms with Crippen LogP contribution in [0.25, 0.3) is 16.6 Å². The molecule has 0 radical (unpaired) electrons. The number of carbonyl (C=O) groups is 1. The first kappa shape index (κ1) is 20.5. The van der Waals surface area contributed by atoms with E-state index in [-0.39, 0.29) is 12.7 Å². The predicted molar refractivity (Wildman–Crippen MR) is 125 cm³/mol. The van der Waals surface area contributed by atoms with Gasteiger partial charge in [0.05, 0.1) is 12.1 Å². The minimum absolute atomic E-state index is 0.175. The van der Waals surface area contributed by atoms with E-state index in [0.29, 0.717) is 41.7 Å². The molecule has 10 heteroatoms. The standard InChI is InChI=1S/C24H19ClN6O3/c25-17-12-20-19(33-14-34-20)11-15(17)13-31-18-6-2-1-5-16(18)23(29-31)24(32)26-9-8-22-28-27-21-7-3-4-10-30(21)22/h1-7,10-12H,8-9,13-14H2,(H,26,32). The Labute approximate surface area is 198 Å². The largest absolute Gasteiger partial charge is 0.454 e. The minimum Gasteiger partial charge on any atom is -0.454 e. The number of nitrogens with zero attached hydrogens (tertiary/aromatic N) is 5. The minimum atomic E-state index is -0.249. The number of aromatic nitrogens is 5. The molecule has 1 N–H and O–H groups in total. The summed E-state index contributed by atoms with van der Waals surface area (Å²) in [6, 6.07) is 16.9. The highest BCUT2D eigenvalue weighted by atomic mass is 35.5. The summed E-state index contributed by atoms with van der Waals surface area (Å²) in [7, 11) is 0. The second-order valence-electron chi connectivity index (χ2n) is 7.87. The summed E-state index contributed by atoms with van der Waals surface area (Å²) >= 11 is 6.47. The number of pyridine rings is 1. The van der Waals surface area contributed by atoms with Gasteiger partial charge in [0.15, 0.2) is 22.8 Å². The topological polar surface area (TPSA) is 95.6 Å². The molecular weight excluding hydrogens is 456 g/mol. The second kappa shape index (κ2) is 8.35. The van der Waals surface area contributed by atoms with Gasteiger partial charge in [-0.2, -0.15) is 5.10 Å². The summed E-state index contributed by atoms with van der Waals surface area (Å²) in [6.45, 7) is 0.966. The van der Waals surface area contributed by atoms with Crippen LogP contribution in [0.2, 0.25) is 5.02 Å². The SMILES string of the molecule is O=C(NCCc1nnc2ccccn12)c1nn(Cc2cc3c(cc2Cl)OCO3)c2ccccc12. The maximum atomic E-state index is 13.0. The van der Waals surface area contributed by atoms with Crippen LogP contribution >= 0.6 is 11.6 Å². The van der Waals surface area contributed by atoms with E-state index in [1.165, 1.54) is 0 Å². The molecule has 1 aliphatic rings. The molecule has 1 aliphatic heterocycles. The van der Waals surface area contributed by atoms with Crippen molar-refractivity contribution in [1.82, 2.24) is 29.7 Å². The van der Waals surface area contributed by atoms with Crippen molar-refractivity contribution < 1.29 is 14.3 Å². The molecule has 0 spiro atoms. The van der Waals surface area contributed by atoms with Crippen molar-refractivity contribution in [2.24, 2.45) is 0 Å². The van der Waals surface area contributed by atoms with Crippen molar-refractivity contribution in [2.45, 2.75) is 13.0 Å². The quantitative estimate of drug-likeness (QED) is 0.405. The highest BCUT2D eigenvalue weighted by Crippen LogP contribution is 2.37. The molecule has 170 valence electrons. The maximum Gasteiger partial charge on any atom is 0.272 e. The Morgan fingerprint density at radius 2 is 1.88 bits per heavy atom. The van der Waals surface area contributed by atoms with Crippen LogP contribution in [-0.4, -0.2) is 43.6 Å². The van der Waals surface area contributed by atoms with E-state index in [0.717, 1.165) is 27.9 Å². The Morgan fingerprint density at radius 3 is 2.79 bits per heavy atom. The van der Waals surface area contributed by atoms with Gasteiger partial charge < -0.3 is 14.8 Å². The fraction of sp³-hybridized carbons (Fsp3) is 0.167. The van der Waals surface area contributed by atoms with Gasteiger partial charge in [0.1, 0.15) is 5.82 Å². The summed E-state index contributed by atoms with van der Waals surface area (Å²) in [5, 5.41) is 17.3. The van der Waals surface area contributed by atoms with Crippen LogP contribution in [-0.2, 0) is 13.0 Å². The van der Waals surface area contributed by atoms with Crippen LogP contribution in [0.5, 0.6) is 11.5 Å². The molecule has 0 atom stereocenters. The lowest BCUT2D eigenvalue weighted by molar-refractivity contribution is 0.0949. The number of amides is 1. The van der Waals surface area contributed by atoms with Crippen molar-refractivity contribution >= 4 is 34.1 Å². The molecule has 0 bridgehead atoms. The average Bonchev–Trinajstić information content (AvgIpc) is 3.57. The number of carbonyl (C=O) groups excluding carboxylic acids is 1. The van der Waals surface area contributed by atoms with E-state index >= 15 is 0 Å². The van der Waals surface area contributed by atoms with Gasteiger partial charge in [-0.25, -0.2) is 0 Å². The summed E-state index contributed by atoms with van der Waals surface area (Å²) < 4.78 is 14.6. The summed E-state index contributed by atoms with van der Waals surface area (Å²) in [5.74, 6) is 1.80. The van der Waals surface area contributed by atoms with Gasteiger partial charge in [-0.15, -0.1) is 10.2 Å². The van der Waals surface area contributed by atoms with Crippen LogP contribution in [0.15, 0.2) is 60.8 Å². The molecule has 0 aliphatic carbocycles. The summed E-state index contributed by atoms with van der Waals surface area (Å²) in [4.78, 5) is 13.0. The van der Waals surface area contributed by atoms with Crippen LogP contribution in [0.4, 0.5) is 0 Å². The normalized spacial score (nSPS) is 12.5. The lowest BCUT2D eigenvalue weighted by Crippen LogP contribution is -2.27. The molecule has 0 saturated heterocycles. The van der Waals surface area contributed by atoms with E-state index < -0.39 is 0 Å².